The molecule has 1 amide bonds. The maximum absolute atomic E-state index is 12.4. The Labute approximate surface area is 181 Å². The fourth-order valence-corrected chi connectivity index (χ4v) is 4.59. The van der Waals surface area contributed by atoms with Crippen molar-refractivity contribution < 1.29 is 4.79 Å². The molecule has 1 aliphatic carbocycles. The molecule has 6 nitrogen and oxygen atoms in total. The van der Waals surface area contributed by atoms with Gasteiger partial charge in [-0.05, 0) is 55.5 Å². The van der Waals surface area contributed by atoms with Gasteiger partial charge in [-0.25, -0.2) is 4.98 Å². The molecule has 31 heavy (non-hydrogen) atoms. The number of benzene rings is 1. The Morgan fingerprint density at radius 3 is 2.71 bits per heavy atom. The average Bonchev–Trinajstić information content (AvgIpc) is 3.54. The number of aryl methyl sites for hydroxylation is 1. The molecule has 3 aromatic heterocycles. The highest BCUT2D eigenvalue weighted by Crippen LogP contribution is 2.35. The van der Waals surface area contributed by atoms with Gasteiger partial charge in [0.1, 0.15) is 11.3 Å². The molecule has 0 atom stereocenters. The van der Waals surface area contributed by atoms with E-state index in [0.29, 0.717) is 12.3 Å². The summed E-state index contributed by atoms with van der Waals surface area (Å²) >= 11 is 0. The van der Waals surface area contributed by atoms with Gasteiger partial charge in [-0.1, -0.05) is 25.0 Å². The van der Waals surface area contributed by atoms with Crippen LogP contribution in [0.5, 0.6) is 0 Å². The van der Waals surface area contributed by atoms with Crippen molar-refractivity contribution in [2.75, 3.05) is 5.32 Å². The van der Waals surface area contributed by atoms with Crippen molar-refractivity contribution in [3.63, 3.8) is 0 Å². The van der Waals surface area contributed by atoms with E-state index in [1.165, 1.54) is 25.7 Å². The van der Waals surface area contributed by atoms with Gasteiger partial charge in [0.05, 0.1) is 0 Å². The van der Waals surface area contributed by atoms with Gasteiger partial charge in [-0.3, -0.25) is 9.48 Å². The van der Waals surface area contributed by atoms with Gasteiger partial charge in [0.25, 0.3) is 0 Å². The van der Waals surface area contributed by atoms with E-state index >= 15 is 0 Å². The second kappa shape index (κ2) is 8.38. The van der Waals surface area contributed by atoms with Crippen LogP contribution in [0.2, 0.25) is 0 Å². The summed E-state index contributed by atoms with van der Waals surface area (Å²) in [7, 11) is 0. The fourth-order valence-electron chi connectivity index (χ4n) is 4.59. The molecule has 1 aliphatic rings. The number of amides is 1. The number of carbonyl (C=O) groups excluding carboxylic acids is 1. The largest absolute Gasteiger partial charge is 0.346 e. The van der Waals surface area contributed by atoms with E-state index in [1.54, 1.807) is 0 Å². The predicted molar refractivity (Wildman–Crippen MR) is 124 cm³/mol. The smallest absolute Gasteiger partial charge is 0.224 e. The molecule has 5 rings (SSSR count). The van der Waals surface area contributed by atoms with E-state index in [2.05, 4.69) is 28.4 Å². The molecular weight excluding hydrogens is 386 g/mol. The monoisotopic (exact) mass is 413 g/mol. The van der Waals surface area contributed by atoms with Crippen molar-refractivity contribution in [2.24, 2.45) is 5.92 Å². The zero-order valence-electron chi connectivity index (χ0n) is 17.8. The van der Waals surface area contributed by atoms with E-state index in [-0.39, 0.29) is 5.91 Å². The second-order valence-corrected chi connectivity index (χ2v) is 8.33. The Bertz CT molecular complexity index is 1200. The standard InChI is InChI=1S/C25H27N5O/c1-2-30-16-22(20-11-13-26-25-21(20)12-14-27-25)24(29-30)18-7-9-19(10-8-18)28-23(31)15-17-5-3-4-6-17/h7-14,16-17H,2-6,15H2,1H3,(H,26,27)(H,28,31). The molecule has 2 N–H and O–H groups in total. The number of rotatable bonds is 6. The molecule has 0 radical (unpaired) electrons. The second-order valence-electron chi connectivity index (χ2n) is 8.33. The van der Waals surface area contributed by atoms with Crippen molar-refractivity contribution in [3.8, 4) is 22.4 Å². The number of hydrogen-bond acceptors (Lipinski definition) is 3. The Hall–Kier alpha value is -3.41. The lowest BCUT2D eigenvalue weighted by Crippen LogP contribution is -2.14. The van der Waals surface area contributed by atoms with Gasteiger partial charge >= 0.3 is 0 Å². The molecular formula is C25H27N5O. The van der Waals surface area contributed by atoms with Gasteiger partial charge in [0, 0.05) is 53.8 Å². The van der Waals surface area contributed by atoms with Crippen LogP contribution in [-0.2, 0) is 11.3 Å². The Morgan fingerprint density at radius 1 is 1.13 bits per heavy atom. The van der Waals surface area contributed by atoms with Crippen molar-refractivity contribution in [2.45, 2.75) is 45.6 Å². The number of aromatic amines is 1. The van der Waals surface area contributed by atoms with Crippen LogP contribution in [0.1, 0.15) is 39.0 Å². The molecule has 1 fully saturated rings. The number of nitrogens with one attached hydrogen (secondary N) is 2. The maximum Gasteiger partial charge on any atom is 0.224 e. The first-order valence-electron chi connectivity index (χ1n) is 11.1. The Balaban J connectivity index is 1.42. The first-order chi connectivity index (χ1) is 15.2. The lowest BCUT2D eigenvalue weighted by Gasteiger charge is -2.10. The zero-order valence-corrected chi connectivity index (χ0v) is 17.8. The normalized spacial score (nSPS) is 14.4. The minimum atomic E-state index is 0.113. The molecule has 0 saturated heterocycles. The van der Waals surface area contributed by atoms with Crippen molar-refractivity contribution >= 4 is 22.6 Å². The molecule has 3 heterocycles. The molecule has 1 aromatic carbocycles. The lowest BCUT2D eigenvalue weighted by atomic mass is 10.00. The molecule has 1 saturated carbocycles. The summed E-state index contributed by atoms with van der Waals surface area (Å²) in [6, 6.07) is 12.1. The van der Waals surface area contributed by atoms with E-state index in [4.69, 9.17) is 5.10 Å². The van der Waals surface area contributed by atoms with Crippen LogP contribution >= 0.6 is 0 Å². The number of carbonyl (C=O) groups is 1. The van der Waals surface area contributed by atoms with E-state index in [9.17, 15) is 4.79 Å². The highest BCUT2D eigenvalue weighted by Gasteiger charge is 2.19. The number of aromatic nitrogens is 4. The number of fused-ring (bicyclic) bond motifs is 1. The quantitative estimate of drug-likeness (QED) is 0.430. The first kappa shape index (κ1) is 19.5. The molecule has 0 unspecified atom stereocenters. The number of anilines is 1. The van der Waals surface area contributed by atoms with Crippen LogP contribution in [0.15, 0.2) is 55.0 Å². The van der Waals surface area contributed by atoms with E-state index < -0.39 is 0 Å². The summed E-state index contributed by atoms with van der Waals surface area (Å²) in [4.78, 5) is 20.0. The summed E-state index contributed by atoms with van der Waals surface area (Å²) in [6.07, 6.45) is 11.3. The number of H-pyrrole nitrogens is 1. The SMILES string of the molecule is CCn1cc(-c2ccnc3[nH]ccc23)c(-c2ccc(NC(=O)CC3CCCC3)cc2)n1. The molecule has 0 spiro atoms. The van der Waals surface area contributed by atoms with Gasteiger partial charge in [0.2, 0.25) is 5.91 Å². The minimum Gasteiger partial charge on any atom is -0.346 e. The van der Waals surface area contributed by atoms with Crippen LogP contribution in [0.4, 0.5) is 5.69 Å². The number of nitrogens with zero attached hydrogens (tertiary/aromatic N) is 3. The number of pyridine rings is 1. The third-order valence-corrected chi connectivity index (χ3v) is 6.23. The summed E-state index contributed by atoms with van der Waals surface area (Å²) in [6.45, 7) is 2.88. The molecule has 0 aliphatic heterocycles. The third-order valence-electron chi connectivity index (χ3n) is 6.23. The highest BCUT2D eigenvalue weighted by atomic mass is 16.1. The fraction of sp³-hybridized carbons (Fsp3) is 0.320. The zero-order chi connectivity index (χ0) is 21.2. The van der Waals surface area contributed by atoms with Crippen LogP contribution < -0.4 is 5.32 Å². The van der Waals surface area contributed by atoms with Gasteiger partial charge in [0.15, 0.2) is 0 Å². The highest BCUT2D eigenvalue weighted by molar-refractivity contribution is 5.97. The third kappa shape index (κ3) is 3.98. The average molecular weight is 414 g/mol. The van der Waals surface area contributed by atoms with Gasteiger partial charge < -0.3 is 10.3 Å². The molecule has 6 heteroatoms. The summed E-state index contributed by atoms with van der Waals surface area (Å²) in [5.41, 5.74) is 5.84. The van der Waals surface area contributed by atoms with E-state index in [1.807, 2.05) is 53.5 Å². The minimum absolute atomic E-state index is 0.113. The molecule has 4 aromatic rings. The first-order valence-corrected chi connectivity index (χ1v) is 11.1. The van der Waals surface area contributed by atoms with Crippen LogP contribution in [0.3, 0.4) is 0 Å². The van der Waals surface area contributed by atoms with Crippen molar-refractivity contribution in [1.29, 1.82) is 0 Å². The van der Waals surface area contributed by atoms with Crippen molar-refractivity contribution in [3.05, 3.63) is 55.0 Å². The van der Waals surface area contributed by atoms with Crippen LogP contribution in [-0.4, -0.2) is 25.7 Å². The maximum atomic E-state index is 12.4. The van der Waals surface area contributed by atoms with Crippen LogP contribution in [0, 0.1) is 5.92 Å². The molecule has 158 valence electrons. The summed E-state index contributed by atoms with van der Waals surface area (Å²) < 4.78 is 1.96. The van der Waals surface area contributed by atoms with Gasteiger partial charge in [-0.2, -0.15) is 5.10 Å². The van der Waals surface area contributed by atoms with E-state index in [0.717, 1.165) is 45.6 Å². The molecule has 0 bridgehead atoms. The summed E-state index contributed by atoms with van der Waals surface area (Å²) in [5, 5.41) is 8.96. The van der Waals surface area contributed by atoms with Crippen molar-refractivity contribution in [1.82, 2.24) is 19.7 Å². The Morgan fingerprint density at radius 2 is 1.94 bits per heavy atom. The van der Waals surface area contributed by atoms with Crippen LogP contribution in [0.25, 0.3) is 33.4 Å². The number of hydrogen-bond donors (Lipinski definition) is 2. The summed E-state index contributed by atoms with van der Waals surface area (Å²) in [5.74, 6) is 0.660. The lowest BCUT2D eigenvalue weighted by molar-refractivity contribution is -0.117. The topological polar surface area (TPSA) is 75.6 Å². The van der Waals surface area contributed by atoms with Gasteiger partial charge in [-0.15, -0.1) is 0 Å². The predicted octanol–water partition coefficient (Wildman–Crippen LogP) is 5.63. The Kier molecular flexibility index (Phi) is 5.28.